The molecular formula is C27H24F5N3O5S. The van der Waals surface area contributed by atoms with Gasteiger partial charge in [0, 0.05) is 11.5 Å². The minimum Gasteiger partial charge on any atom is -0.372 e. The fourth-order valence-corrected chi connectivity index (χ4v) is 6.01. The molecule has 0 radical (unpaired) electrons. The lowest BCUT2D eigenvalue weighted by Gasteiger charge is -2.21. The van der Waals surface area contributed by atoms with Crippen LogP contribution in [0.25, 0.3) is 10.8 Å². The van der Waals surface area contributed by atoms with Gasteiger partial charge < -0.3 is 8.71 Å². The Balaban J connectivity index is 1.57. The van der Waals surface area contributed by atoms with E-state index in [4.69, 9.17) is 4.52 Å². The van der Waals surface area contributed by atoms with Gasteiger partial charge >= 0.3 is 10.1 Å². The van der Waals surface area contributed by atoms with Crippen LogP contribution in [0.5, 0.6) is 5.75 Å². The van der Waals surface area contributed by atoms with Crippen molar-refractivity contribution < 1.29 is 39.1 Å². The Bertz CT molecular complexity index is 1770. The lowest BCUT2D eigenvalue weighted by Crippen LogP contribution is -2.26. The van der Waals surface area contributed by atoms with Crippen LogP contribution in [0.15, 0.2) is 38.5 Å². The molecule has 0 N–H and O–H groups in total. The topological polar surface area (TPSA) is 104 Å². The maximum atomic E-state index is 14.1. The summed E-state index contributed by atoms with van der Waals surface area (Å²) in [5.41, 5.74) is 0.389. The third-order valence-corrected chi connectivity index (χ3v) is 8.37. The molecule has 0 amide bonds. The number of fused-ring (bicyclic) bond motifs is 1. The molecule has 2 aromatic heterocycles. The number of aromatic nitrogens is 3. The molecule has 1 aliphatic carbocycles. The molecule has 218 valence electrons. The molecule has 1 aliphatic rings. The molecule has 14 heteroatoms. The lowest BCUT2D eigenvalue weighted by molar-refractivity contribution is 0.337. The van der Waals surface area contributed by atoms with Crippen molar-refractivity contribution >= 4 is 20.9 Å². The molecule has 2 aromatic carbocycles. The second-order valence-corrected chi connectivity index (χ2v) is 11.6. The highest BCUT2D eigenvalue weighted by atomic mass is 32.2. The van der Waals surface area contributed by atoms with Crippen molar-refractivity contribution in [1.29, 1.82) is 0 Å². The normalized spacial score (nSPS) is 14.6. The Kier molecular flexibility index (Phi) is 7.86. The van der Waals surface area contributed by atoms with Gasteiger partial charge in [-0.25, -0.2) is 17.9 Å². The molecule has 0 spiro atoms. The number of aryl methyl sites for hydroxylation is 2. The van der Waals surface area contributed by atoms with Gasteiger partial charge in [0.2, 0.25) is 34.8 Å². The molecule has 1 saturated carbocycles. The Morgan fingerprint density at radius 2 is 1.61 bits per heavy atom. The van der Waals surface area contributed by atoms with Crippen molar-refractivity contribution in [2.24, 2.45) is 5.92 Å². The van der Waals surface area contributed by atoms with E-state index in [-0.39, 0.29) is 11.9 Å². The van der Waals surface area contributed by atoms with Crippen LogP contribution in [0, 0.1) is 41.9 Å². The van der Waals surface area contributed by atoms with Crippen molar-refractivity contribution in [3.05, 3.63) is 80.9 Å². The Labute approximate surface area is 230 Å². The lowest BCUT2D eigenvalue weighted by atomic mass is 9.85. The van der Waals surface area contributed by atoms with Crippen molar-refractivity contribution in [3.8, 4) is 5.75 Å². The van der Waals surface area contributed by atoms with E-state index >= 15 is 0 Å². The highest BCUT2D eigenvalue weighted by molar-refractivity contribution is 7.87. The highest BCUT2D eigenvalue weighted by Crippen LogP contribution is 2.32. The third-order valence-electron chi connectivity index (χ3n) is 7.16. The number of benzene rings is 2. The summed E-state index contributed by atoms with van der Waals surface area (Å²) < 4.78 is 105. The molecule has 5 rings (SSSR count). The second kappa shape index (κ2) is 11.2. The minimum atomic E-state index is -5.16. The Morgan fingerprint density at radius 1 is 0.951 bits per heavy atom. The number of hydrogen-bond acceptors (Lipinski definition) is 7. The number of nitrogens with zero attached hydrogens (tertiary/aromatic N) is 3. The van der Waals surface area contributed by atoms with Gasteiger partial charge in [0.25, 0.3) is 5.56 Å². The highest BCUT2D eigenvalue weighted by Gasteiger charge is 2.31. The van der Waals surface area contributed by atoms with Crippen LogP contribution in [-0.4, -0.2) is 23.4 Å². The van der Waals surface area contributed by atoms with Crippen molar-refractivity contribution in [1.82, 2.24) is 14.9 Å². The molecule has 0 bridgehead atoms. The van der Waals surface area contributed by atoms with E-state index in [2.05, 4.69) is 14.4 Å². The molecule has 0 unspecified atom stereocenters. The van der Waals surface area contributed by atoms with Gasteiger partial charge in [0.05, 0.1) is 16.8 Å². The van der Waals surface area contributed by atoms with Crippen LogP contribution >= 0.6 is 0 Å². The smallest absolute Gasteiger partial charge is 0.339 e. The fraction of sp³-hybridized carbons (Fsp3) is 0.370. The summed E-state index contributed by atoms with van der Waals surface area (Å²) in [5, 5.41) is 8.56. The van der Waals surface area contributed by atoms with E-state index in [0.717, 1.165) is 48.9 Å². The molecular weight excluding hydrogens is 573 g/mol. The largest absolute Gasteiger partial charge is 0.372 e. The van der Waals surface area contributed by atoms with Crippen molar-refractivity contribution in [2.75, 3.05) is 0 Å². The molecule has 1 fully saturated rings. The predicted molar refractivity (Wildman–Crippen MR) is 135 cm³/mol. The predicted octanol–water partition coefficient (Wildman–Crippen LogP) is 5.72. The van der Waals surface area contributed by atoms with E-state index in [1.807, 2.05) is 0 Å². The molecule has 41 heavy (non-hydrogen) atoms. The molecule has 0 aliphatic heterocycles. The maximum absolute atomic E-state index is 14.1. The first-order valence-corrected chi connectivity index (χ1v) is 14.3. The molecule has 2 heterocycles. The van der Waals surface area contributed by atoms with Gasteiger partial charge in [0.15, 0.2) is 5.76 Å². The minimum absolute atomic E-state index is 0.100. The summed E-state index contributed by atoms with van der Waals surface area (Å²) in [6.45, 7) is 1.59. The zero-order valence-electron chi connectivity index (χ0n) is 21.7. The van der Waals surface area contributed by atoms with E-state index in [1.54, 1.807) is 13.0 Å². The zero-order valence-corrected chi connectivity index (χ0v) is 22.5. The molecule has 4 aromatic rings. The zero-order chi connectivity index (χ0) is 29.5. The standard InChI is InChI=1S/C27H24F5N3O5S/c1-14-11-16(39-34-14)13-35-27(36)19-12-17(8-9-18(19)20(33-35)10-7-15-5-3-2-4-6-15)41(37,38)40-26-24(31)22(29)21(28)23(30)25(26)32/h8-9,11-12,15H,2-7,10,13H2,1H3. The first kappa shape index (κ1) is 28.7. The monoisotopic (exact) mass is 597 g/mol. The van der Waals surface area contributed by atoms with Crippen LogP contribution < -0.4 is 9.74 Å². The third kappa shape index (κ3) is 5.69. The summed E-state index contributed by atoms with van der Waals surface area (Å²) in [5.74, 6) is -13.3. The number of hydrogen-bond donors (Lipinski definition) is 0. The van der Waals surface area contributed by atoms with Gasteiger partial charge in [-0.15, -0.1) is 0 Å². The summed E-state index contributed by atoms with van der Waals surface area (Å²) >= 11 is 0. The Hall–Kier alpha value is -3.81. The molecule has 0 saturated heterocycles. The van der Waals surface area contributed by atoms with Gasteiger partial charge in [-0.2, -0.15) is 22.3 Å². The van der Waals surface area contributed by atoms with E-state index in [1.165, 1.54) is 12.5 Å². The van der Waals surface area contributed by atoms with E-state index < -0.39 is 55.4 Å². The van der Waals surface area contributed by atoms with E-state index in [9.17, 15) is 35.2 Å². The van der Waals surface area contributed by atoms with Crippen molar-refractivity contribution in [2.45, 2.75) is 63.3 Å². The fourth-order valence-electron chi connectivity index (χ4n) is 5.05. The first-order valence-electron chi connectivity index (χ1n) is 12.9. The summed E-state index contributed by atoms with van der Waals surface area (Å²) in [4.78, 5) is 12.7. The Morgan fingerprint density at radius 3 is 2.24 bits per heavy atom. The quantitative estimate of drug-likeness (QED) is 0.111. The summed E-state index contributed by atoms with van der Waals surface area (Å²) in [6, 6.07) is 4.85. The second-order valence-electron chi connectivity index (χ2n) is 10.0. The summed E-state index contributed by atoms with van der Waals surface area (Å²) in [6.07, 6.45) is 6.89. The average molecular weight is 598 g/mol. The van der Waals surface area contributed by atoms with Crippen LogP contribution in [0.1, 0.15) is 55.7 Å². The van der Waals surface area contributed by atoms with E-state index in [0.29, 0.717) is 34.9 Å². The molecule has 0 atom stereocenters. The van der Waals surface area contributed by atoms with Crippen LogP contribution in [-0.2, 0) is 23.1 Å². The SMILES string of the molecule is Cc1cc(Cn2nc(CCC3CCCCC3)c3ccc(S(=O)(=O)Oc4c(F)c(F)c(F)c(F)c4F)cc3c2=O)on1. The maximum Gasteiger partial charge on any atom is 0.339 e. The van der Waals surface area contributed by atoms with Crippen molar-refractivity contribution in [3.63, 3.8) is 0 Å². The van der Waals surface area contributed by atoms with Crippen LogP contribution in [0.3, 0.4) is 0 Å². The number of rotatable bonds is 8. The molecule has 8 nitrogen and oxygen atoms in total. The number of halogens is 5. The summed E-state index contributed by atoms with van der Waals surface area (Å²) in [7, 11) is -5.16. The van der Waals surface area contributed by atoms with Crippen LogP contribution in [0.4, 0.5) is 22.0 Å². The average Bonchev–Trinajstić information content (AvgIpc) is 3.38. The van der Waals surface area contributed by atoms with Gasteiger partial charge in [-0.3, -0.25) is 4.79 Å². The van der Waals surface area contributed by atoms with Gasteiger partial charge in [-0.05, 0) is 37.8 Å². The van der Waals surface area contributed by atoms with Gasteiger partial charge in [-0.1, -0.05) is 43.3 Å². The first-order chi connectivity index (χ1) is 19.5. The van der Waals surface area contributed by atoms with Crippen LogP contribution in [0.2, 0.25) is 0 Å². The van der Waals surface area contributed by atoms with Gasteiger partial charge in [0.1, 0.15) is 11.4 Å².